The van der Waals surface area contributed by atoms with Crippen LogP contribution in [0, 0.1) is 0 Å². The van der Waals surface area contributed by atoms with Crippen molar-refractivity contribution in [1.29, 1.82) is 0 Å². The number of hydrogen-bond donors (Lipinski definition) is 1. The molecule has 0 radical (unpaired) electrons. The van der Waals surface area contributed by atoms with E-state index in [0.717, 1.165) is 0 Å². The quantitative estimate of drug-likeness (QED) is 0.797. The predicted molar refractivity (Wildman–Crippen MR) is 64.0 cm³/mol. The average Bonchev–Trinajstić information content (AvgIpc) is 2.63. The summed E-state index contributed by atoms with van der Waals surface area (Å²) < 4.78 is 27.7. The maximum atomic E-state index is 12.4. The van der Waals surface area contributed by atoms with Gasteiger partial charge in [-0.1, -0.05) is 0 Å². The molecular weight excluding hydrogens is 240 g/mol. The zero-order chi connectivity index (χ0) is 12.6. The van der Waals surface area contributed by atoms with Crippen LogP contribution in [0.2, 0.25) is 0 Å². The fraction of sp³-hybridized carbons (Fsp3) is 0.700. The van der Waals surface area contributed by atoms with E-state index in [1.165, 1.54) is 21.3 Å². The van der Waals surface area contributed by atoms with Crippen LogP contribution in [0.25, 0.3) is 0 Å². The van der Waals surface area contributed by atoms with Crippen LogP contribution < -0.4 is 5.32 Å². The Hall–Kier alpha value is -0.920. The van der Waals surface area contributed by atoms with E-state index >= 15 is 0 Å². The van der Waals surface area contributed by atoms with Gasteiger partial charge in [-0.2, -0.15) is 9.40 Å². The lowest BCUT2D eigenvalue weighted by Gasteiger charge is -2.35. The highest BCUT2D eigenvalue weighted by atomic mass is 32.2. The summed E-state index contributed by atoms with van der Waals surface area (Å²) in [6.45, 7) is 4.97. The molecule has 1 aromatic heterocycles. The molecule has 0 spiro atoms. The number of aromatic nitrogens is 2. The first-order valence-electron chi connectivity index (χ1n) is 5.65. The predicted octanol–water partition coefficient (Wildman–Crippen LogP) is -0.209. The van der Waals surface area contributed by atoms with Crippen molar-refractivity contribution in [1.82, 2.24) is 19.4 Å². The summed E-state index contributed by atoms with van der Waals surface area (Å²) in [6, 6.07) is 1.87. The Morgan fingerprint density at radius 3 is 2.41 bits per heavy atom. The Kier molecular flexibility index (Phi) is 3.24. The molecule has 0 bridgehead atoms. The zero-order valence-electron chi connectivity index (χ0n) is 10.3. The monoisotopic (exact) mass is 258 g/mol. The summed E-state index contributed by atoms with van der Waals surface area (Å²) in [4.78, 5) is 0. The summed E-state index contributed by atoms with van der Waals surface area (Å²) in [5.41, 5.74) is 0. The maximum Gasteiger partial charge on any atom is 0.260 e. The van der Waals surface area contributed by atoms with Crippen LogP contribution in [-0.4, -0.2) is 47.7 Å². The van der Waals surface area contributed by atoms with Gasteiger partial charge >= 0.3 is 0 Å². The first kappa shape index (κ1) is 12.5. The van der Waals surface area contributed by atoms with Crippen molar-refractivity contribution >= 4 is 10.0 Å². The van der Waals surface area contributed by atoms with E-state index in [4.69, 9.17) is 0 Å². The van der Waals surface area contributed by atoms with Gasteiger partial charge in [-0.25, -0.2) is 8.42 Å². The lowest BCUT2D eigenvalue weighted by atomic mass is 10.2. The number of rotatable bonds is 2. The summed E-state index contributed by atoms with van der Waals surface area (Å²) in [5, 5.41) is 7.47. The molecule has 0 aliphatic carbocycles. The molecule has 1 N–H and O–H groups in total. The third-order valence-corrected chi connectivity index (χ3v) is 4.81. The van der Waals surface area contributed by atoms with E-state index in [2.05, 4.69) is 10.4 Å². The minimum Gasteiger partial charge on any atom is -0.309 e. The second kappa shape index (κ2) is 4.40. The lowest BCUT2D eigenvalue weighted by molar-refractivity contribution is 0.261. The Morgan fingerprint density at radius 2 is 1.94 bits per heavy atom. The van der Waals surface area contributed by atoms with E-state index in [1.54, 1.807) is 7.05 Å². The smallest absolute Gasteiger partial charge is 0.260 e. The van der Waals surface area contributed by atoms with E-state index in [1.807, 2.05) is 13.8 Å². The van der Waals surface area contributed by atoms with Crippen LogP contribution in [0.4, 0.5) is 0 Å². The maximum absolute atomic E-state index is 12.4. The second-order valence-corrected chi connectivity index (χ2v) is 6.47. The molecule has 2 atom stereocenters. The molecule has 1 saturated heterocycles. The molecule has 7 heteroatoms. The minimum absolute atomic E-state index is 0.168. The summed E-state index contributed by atoms with van der Waals surface area (Å²) >= 11 is 0. The summed E-state index contributed by atoms with van der Waals surface area (Å²) in [7, 11) is -1.78. The van der Waals surface area contributed by atoms with Crippen molar-refractivity contribution in [3.05, 3.63) is 12.3 Å². The number of aryl methyl sites for hydroxylation is 1. The third-order valence-electron chi connectivity index (χ3n) is 2.90. The number of nitrogens with one attached hydrogen (secondary N) is 1. The highest BCUT2D eigenvalue weighted by Gasteiger charge is 2.32. The molecule has 1 aliphatic heterocycles. The van der Waals surface area contributed by atoms with E-state index in [9.17, 15) is 8.42 Å². The molecule has 17 heavy (non-hydrogen) atoms. The van der Waals surface area contributed by atoms with Gasteiger partial charge in [0.15, 0.2) is 5.03 Å². The van der Waals surface area contributed by atoms with Crippen LogP contribution in [0.3, 0.4) is 0 Å². The van der Waals surface area contributed by atoms with Gasteiger partial charge < -0.3 is 5.32 Å². The van der Waals surface area contributed by atoms with Gasteiger partial charge in [0.2, 0.25) is 0 Å². The largest absolute Gasteiger partial charge is 0.309 e. The van der Waals surface area contributed by atoms with Gasteiger partial charge in [0.05, 0.1) is 6.20 Å². The highest BCUT2D eigenvalue weighted by molar-refractivity contribution is 7.89. The Balaban J connectivity index is 2.30. The van der Waals surface area contributed by atoms with Crippen molar-refractivity contribution in [2.24, 2.45) is 7.05 Å². The van der Waals surface area contributed by atoms with Crippen molar-refractivity contribution < 1.29 is 8.42 Å². The normalized spacial score (nSPS) is 27.2. The molecule has 1 fully saturated rings. The Labute approximate surface area is 102 Å². The molecule has 2 unspecified atom stereocenters. The summed E-state index contributed by atoms with van der Waals surface area (Å²) in [5.74, 6) is 0. The van der Waals surface area contributed by atoms with Gasteiger partial charge in [-0.05, 0) is 19.9 Å². The standard InChI is InChI=1S/C10H18N4O2S/c1-8-6-14(7-9(2)12-8)17(15,16)10-4-5-11-13(10)3/h4-5,8-9,12H,6-7H2,1-3H3. The van der Waals surface area contributed by atoms with Gasteiger partial charge in [-0.3, -0.25) is 4.68 Å². The van der Waals surface area contributed by atoms with Crippen molar-refractivity contribution in [2.45, 2.75) is 31.0 Å². The highest BCUT2D eigenvalue weighted by Crippen LogP contribution is 2.17. The molecule has 96 valence electrons. The molecule has 1 aliphatic rings. The Bertz CT molecular complexity index is 486. The van der Waals surface area contributed by atoms with Gasteiger partial charge in [0.1, 0.15) is 0 Å². The van der Waals surface area contributed by atoms with Crippen LogP contribution in [-0.2, 0) is 17.1 Å². The van der Waals surface area contributed by atoms with Crippen molar-refractivity contribution in [3.63, 3.8) is 0 Å². The van der Waals surface area contributed by atoms with Crippen molar-refractivity contribution in [2.75, 3.05) is 13.1 Å². The molecule has 2 heterocycles. The number of hydrogen-bond acceptors (Lipinski definition) is 4. The number of piperazine rings is 1. The molecule has 2 rings (SSSR count). The lowest BCUT2D eigenvalue weighted by Crippen LogP contribution is -2.55. The average molecular weight is 258 g/mol. The first-order valence-corrected chi connectivity index (χ1v) is 7.09. The fourth-order valence-electron chi connectivity index (χ4n) is 2.22. The number of sulfonamides is 1. The molecule has 0 saturated carbocycles. The second-order valence-electron chi connectivity index (χ2n) is 4.58. The van der Waals surface area contributed by atoms with Gasteiger partial charge in [0, 0.05) is 32.2 Å². The molecule has 1 aromatic rings. The van der Waals surface area contributed by atoms with E-state index in [0.29, 0.717) is 13.1 Å². The number of nitrogens with zero attached hydrogens (tertiary/aromatic N) is 3. The van der Waals surface area contributed by atoms with E-state index in [-0.39, 0.29) is 17.1 Å². The van der Waals surface area contributed by atoms with Crippen LogP contribution >= 0.6 is 0 Å². The topological polar surface area (TPSA) is 67.2 Å². The zero-order valence-corrected chi connectivity index (χ0v) is 11.1. The van der Waals surface area contributed by atoms with Crippen LogP contribution in [0.5, 0.6) is 0 Å². The fourth-order valence-corrected chi connectivity index (χ4v) is 3.94. The summed E-state index contributed by atoms with van der Waals surface area (Å²) in [6.07, 6.45) is 1.50. The minimum atomic E-state index is -3.42. The molecular formula is C10H18N4O2S. The van der Waals surface area contributed by atoms with Crippen LogP contribution in [0.1, 0.15) is 13.8 Å². The van der Waals surface area contributed by atoms with Gasteiger partial charge in [-0.15, -0.1) is 0 Å². The van der Waals surface area contributed by atoms with Crippen LogP contribution in [0.15, 0.2) is 17.3 Å². The molecule has 6 nitrogen and oxygen atoms in total. The van der Waals surface area contributed by atoms with E-state index < -0.39 is 10.0 Å². The van der Waals surface area contributed by atoms with Crippen molar-refractivity contribution in [3.8, 4) is 0 Å². The molecule has 0 aromatic carbocycles. The van der Waals surface area contributed by atoms with Gasteiger partial charge in [0.25, 0.3) is 10.0 Å². The third kappa shape index (κ3) is 2.36. The Morgan fingerprint density at radius 1 is 1.35 bits per heavy atom. The SMILES string of the molecule is CC1CN(S(=O)(=O)c2ccnn2C)CC(C)N1. The molecule has 0 amide bonds. The first-order chi connectivity index (χ1) is 7.91.